The van der Waals surface area contributed by atoms with Gasteiger partial charge in [-0.3, -0.25) is 9.59 Å². The SMILES string of the molecule is CCNC(=O)CN(C)C(=O)c1cc(C)cc(C#CCO)c1. The van der Waals surface area contributed by atoms with Gasteiger partial charge in [0.1, 0.15) is 6.61 Å². The molecular weight excluding hydrogens is 268 g/mol. The number of amides is 2. The van der Waals surface area contributed by atoms with Crippen LogP contribution in [0.5, 0.6) is 0 Å². The second kappa shape index (κ2) is 8.08. The summed E-state index contributed by atoms with van der Waals surface area (Å²) in [6.45, 7) is 4.01. The maximum Gasteiger partial charge on any atom is 0.254 e. The van der Waals surface area contributed by atoms with E-state index in [2.05, 4.69) is 17.2 Å². The number of carbonyl (C=O) groups excluding carboxylic acids is 2. The molecule has 0 aromatic heterocycles. The Bertz CT molecular complexity index is 585. The highest BCUT2D eigenvalue weighted by atomic mass is 16.2. The number of likely N-dealkylation sites (N-methyl/N-ethyl adjacent to an activating group) is 2. The van der Waals surface area contributed by atoms with Crippen LogP contribution in [0.2, 0.25) is 0 Å². The number of hydrogen-bond acceptors (Lipinski definition) is 3. The Labute approximate surface area is 125 Å². The van der Waals surface area contributed by atoms with Crippen molar-refractivity contribution < 1.29 is 14.7 Å². The van der Waals surface area contributed by atoms with Crippen LogP contribution in [-0.4, -0.2) is 48.6 Å². The molecular formula is C16H20N2O3. The molecule has 0 bridgehead atoms. The molecule has 0 aliphatic rings. The summed E-state index contributed by atoms with van der Waals surface area (Å²) in [6, 6.07) is 5.25. The van der Waals surface area contributed by atoms with Gasteiger partial charge in [-0.1, -0.05) is 11.8 Å². The summed E-state index contributed by atoms with van der Waals surface area (Å²) < 4.78 is 0. The Morgan fingerprint density at radius 1 is 1.33 bits per heavy atom. The fourth-order valence-electron chi connectivity index (χ4n) is 1.88. The van der Waals surface area contributed by atoms with Gasteiger partial charge in [0.25, 0.3) is 5.91 Å². The summed E-state index contributed by atoms with van der Waals surface area (Å²) >= 11 is 0. The molecule has 0 unspecified atom stereocenters. The van der Waals surface area contributed by atoms with Gasteiger partial charge in [-0.25, -0.2) is 0 Å². The summed E-state index contributed by atoms with van der Waals surface area (Å²) in [6.07, 6.45) is 0. The standard InChI is InChI=1S/C16H20N2O3/c1-4-17-15(20)11-18(3)16(21)14-9-12(2)8-13(10-14)6-5-7-19/h8-10,19H,4,7,11H2,1-3H3,(H,17,20). The number of hydrogen-bond donors (Lipinski definition) is 2. The van der Waals surface area contributed by atoms with Gasteiger partial charge >= 0.3 is 0 Å². The maximum atomic E-state index is 12.3. The van der Waals surface area contributed by atoms with Crippen LogP contribution in [0, 0.1) is 18.8 Å². The molecule has 0 saturated carbocycles. The zero-order valence-corrected chi connectivity index (χ0v) is 12.6. The zero-order valence-electron chi connectivity index (χ0n) is 12.6. The summed E-state index contributed by atoms with van der Waals surface area (Å²) in [5.41, 5.74) is 2.04. The molecule has 112 valence electrons. The highest BCUT2D eigenvalue weighted by Gasteiger charge is 2.15. The normalized spacial score (nSPS) is 9.52. The van der Waals surface area contributed by atoms with E-state index >= 15 is 0 Å². The predicted octanol–water partition coefficient (Wildman–Crippen LogP) is 0.547. The lowest BCUT2D eigenvalue weighted by atomic mass is 10.1. The summed E-state index contributed by atoms with van der Waals surface area (Å²) in [7, 11) is 1.58. The van der Waals surface area contributed by atoms with Crippen LogP contribution in [0.3, 0.4) is 0 Å². The number of nitrogens with zero attached hydrogens (tertiary/aromatic N) is 1. The number of aliphatic hydroxyl groups excluding tert-OH is 1. The summed E-state index contributed by atoms with van der Waals surface area (Å²) in [4.78, 5) is 25.2. The van der Waals surface area contributed by atoms with Gasteiger partial charge in [0.15, 0.2) is 0 Å². The molecule has 5 nitrogen and oxygen atoms in total. The van der Waals surface area contributed by atoms with E-state index in [4.69, 9.17) is 5.11 Å². The van der Waals surface area contributed by atoms with Gasteiger partial charge in [-0.15, -0.1) is 0 Å². The monoisotopic (exact) mass is 288 g/mol. The van der Waals surface area contributed by atoms with Crippen molar-refractivity contribution in [1.29, 1.82) is 0 Å². The molecule has 0 atom stereocenters. The van der Waals surface area contributed by atoms with E-state index in [1.807, 2.05) is 19.9 Å². The molecule has 1 aromatic rings. The van der Waals surface area contributed by atoms with Crippen LogP contribution in [0.1, 0.15) is 28.4 Å². The van der Waals surface area contributed by atoms with Crippen LogP contribution in [0.25, 0.3) is 0 Å². The molecule has 1 rings (SSSR count). The molecule has 0 fully saturated rings. The van der Waals surface area contributed by atoms with Gasteiger partial charge in [0.05, 0.1) is 6.54 Å². The fraction of sp³-hybridized carbons (Fsp3) is 0.375. The first kappa shape index (κ1) is 16.7. The van der Waals surface area contributed by atoms with Crippen molar-refractivity contribution in [1.82, 2.24) is 10.2 Å². The van der Waals surface area contributed by atoms with E-state index in [1.165, 1.54) is 4.90 Å². The van der Waals surface area contributed by atoms with Crippen LogP contribution in [0.4, 0.5) is 0 Å². The number of carbonyl (C=O) groups is 2. The fourth-order valence-corrected chi connectivity index (χ4v) is 1.88. The minimum Gasteiger partial charge on any atom is -0.384 e. The molecule has 5 heteroatoms. The third-order valence-electron chi connectivity index (χ3n) is 2.74. The Hall–Kier alpha value is -2.32. The van der Waals surface area contributed by atoms with E-state index in [-0.39, 0.29) is 25.0 Å². The third kappa shape index (κ3) is 5.28. The Morgan fingerprint density at radius 2 is 2.05 bits per heavy atom. The van der Waals surface area contributed by atoms with Crippen LogP contribution >= 0.6 is 0 Å². The minimum atomic E-state index is -0.239. The highest BCUT2D eigenvalue weighted by molar-refractivity contribution is 5.96. The zero-order chi connectivity index (χ0) is 15.8. The van der Waals surface area contributed by atoms with Crippen LogP contribution < -0.4 is 5.32 Å². The second-order valence-electron chi connectivity index (χ2n) is 4.66. The molecule has 0 aliphatic heterocycles. The third-order valence-corrected chi connectivity index (χ3v) is 2.74. The van der Waals surface area contributed by atoms with E-state index in [9.17, 15) is 9.59 Å². The summed E-state index contributed by atoms with van der Waals surface area (Å²) in [5.74, 6) is 4.90. The van der Waals surface area contributed by atoms with Gasteiger partial charge in [-0.05, 0) is 37.6 Å². The lowest BCUT2D eigenvalue weighted by Gasteiger charge is -2.17. The quantitative estimate of drug-likeness (QED) is 0.795. The van der Waals surface area contributed by atoms with E-state index in [0.29, 0.717) is 17.7 Å². The second-order valence-corrected chi connectivity index (χ2v) is 4.66. The molecule has 21 heavy (non-hydrogen) atoms. The molecule has 0 spiro atoms. The Balaban J connectivity index is 2.91. The van der Waals surface area contributed by atoms with Crippen molar-refractivity contribution >= 4 is 11.8 Å². The van der Waals surface area contributed by atoms with E-state index < -0.39 is 0 Å². The average molecular weight is 288 g/mol. The number of aryl methyl sites for hydroxylation is 1. The lowest BCUT2D eigenvalue weighted by Crippen LogP contribution is -2.38. The number of benzene rings is 1. The molecule has 0 heterocycles. The Morgan fingerprint density at radius 3 is 2.67 bits per heavy atom. The van der Waals surface area contributed by atoms with Crippen molar-refractivity contribution in [2.24, 2.45) is 0 Å². The van der Waals surface area contributed by atoms with Gasteiger partial charge in [0, 0.05) is 24.7 Å². The van der Waals surface area contributed by atoms with Crippen molar-refractivity contribution in [3.63, 3.8) is 0 Å². The van der Waals surface area contributed by atoms with Gasteiger partial charge in [-0.2, -0.15) is 0 Å². The van der Waals surface area contributed by atoms with Crippen molar-refractivity contribution in [3.8, 4) is 11.8 Å². The average Bonchev–Trinajstić information content (AvgIpc) is 2.43. The van der Waals surface area contributed by atoms with Crippen molar-refractivity contribution in [2.45, 2.75) is 13.8 Å². The Kier molecular flexibility index (Phi) is 6.44. The van der Waals surface area contributed by atoms with Crippen molar-refractivity contribution in [3.05, 3.63) is 34.9 Å². The minimum absolute atomic E-state index is 0.0122. The van der Waals surface area contributed by atoms with E-state index in [1.54, 1.807) is 19.2 Å². The molecule has 1 aromatic carbocycles. The van der Waals surface area contributed by atoms with Crippen LogP contribution in [-0.2, 0) is 4.79 Å². The highest BCUT2D eigenvalue weighted by Crippen LogP contribution is 2.11. The largest absolute Gasteiger partial charge is 0.384 e. The number of nitrogens with one attached hydrogen (secondary N) is 1. The molecule has 2 amide bonds. The first-order valence-electron chi connectivity index (χ1n) is 6.71. The predicted molar refractivity (Wildman–Crippen MR) is 80.8 cm³/mol. The smallest absolute Gasteiger partial charge is 0.254 e. The lowest BCUT2D eigenvalue weighted by molar-refractivity contribution is -0.121. The number of rotatable bonds is 4. The van der Waals surface area contributed by atoms with Gasteiger partial charge in [0.2, 0.25) is 5.91 Å². The van der Waals surface area contributed by atoms with Gasteiger partial charge < -0.3 is 15.3 Å². The van der Waals surface area contributed by atoms with E-state index in [0.717, 1.165) is 5.56 Å². The maximum absolute atomic E-state index is 12.3. The van der Waals surface area contributed by atoms with Crippen molar-refractivity contribution in [2.75, 3.05) is 26.7 Å². The molecule has 0 aliphatic carbocycles. The molecule has 0 radical (unpaired) electrons. The summed E-state index contributed by atoms with van der Waals surface area (Å²) in [5, 5.41) is 11.4. The topological polar surface area (TPSA) is 69.6 Å². The number of aliphatic hydroxyl groups is 1. The van der Waals surface area contributed by atoms with Crippen LogP contribution in [0.15, 0.2) is 18.2 Å². The first-order chi connectivity index (χ1) is 9.97. The molecule has 0 saturated heterocycles. The molecule has 2 N–H and O–H groups in total. The first-order valence-corrected chi connectivity index (χ1v) is 6.71.